The van der Waals surface area contributed by atoms with Gasteiger partial charge in [-0.2, -0.15) is 0 Å². The van der Waals surface area contributed by atoms with Crippen LogP contribution >= 0.6 is 0 Å². The van der Waals surface area contributed by atoms with Crippen LogP contribution in [0.5, 0.6) is 0 Å². The second-order valence-corrected chi connectivity index (χ2v) is 8.56. The van der Waals surface area contributed by atoms with Crippen LogP contribution in [0.25, 0.3) is 0 Å². The van der Waals surface area contributed by atoms with Crippen molar-refractivity contribution in [2.75, 3.05) is 0 Å². The van der Waals surface area contributed by atoms with E-state index in [1.807, 2.05) is 0 Å². The molecule has 0 radical (unpaired) electrons. The number of carbonyl (C=O) groups is 1. The minimum atomic E-state index is 0.362. The van der Waals surface area contributed by atoms with Crippen LogP contribution in [-0.2, 0) is 4.79 Å². The average molecular weight is 272 g/mol. The number of Topliss-reactive ketones (excluding diaryl/α,β-unsaturated/α-hetero) is 1. The summed E-state index contributed by atoms with van der Waals surface area (Å²) in [6.45, 7) is 5.02. The van der Waals surface area contributed by atoms with Gasteiger partial charge in [0.05, 0.1) is 0 Å². The summed E-state index contributed by atoms with van der Waals surface area (Å²) in [6, 6.07) is 0. The van der Waals surface area contributed by atoms with Crippen molar-refractivity contribution in [3.05, 3.63) is 11.6 Å². The van der Waals surface area contributed by atoms with Crippen LogP contribution in [0.1, 0.15) is 71.6 Å². The van der Waals surface area contributed by atoms with Crippen molar-refractivity contribution in [2.45, 2.75) is 71.6 Å². The molecule has 20 heavy (non-hydrogen) atoms. The summed E-state index contributed by atoms with van der Waals surface area (Å²) in [5.74, 6) is 2.97. The summed E-state index contributed by atoms with van der Waals surface area (Å²) in [7, 11) is 0. The molecule has 0 aromatic rings. The first-order chi connectivity index (χ1) is 9.53. The Hall–Kier alpha value is -0.590. The monoisotopic (exact) mass is 272 g/mol. The Labute approximate surface area is 123 Å². The highest BCUT2D eigenvalue weighted by Crippen LogP contribution is 2.63. The lowest BCUT2D eigenvalue weighted by Crippen LogP contribution is -2.47. The molecule has 0 unspecified atom stereocenters. The van der Waals surface area contributed by atoms with E-state index in [0.29, 0.717) is 22.5 Å². The van der Waals surface area contributed by atoms with Crippen LogP contribution < -0.4 is 0 Å². The zero-order valence-corrected chi connectivity index (χ0v) is 13.1. The van der Waals surface area contributed by atoms with Gasteiger partial charge in [0.25, 0.3) is 0 Å². The van der Waals surface area contributed by atoms with E-state index in [-0.39, 0.29) is 0 Å². The van der Waals surface area contributed by atoms with Crippen LogP contribution in [0.15, 0.2) is 11.6 Å². The van der Waals surface area contributed by atoms with Crippen LogP contribution in [0, 0.1) is 28.6 Å². The summed E-state index contributed by atoms with van der Waals surface area (Å²) in [5.41, 5.74) is 2.74. The molecule has 5 atom stereocenters. The Kier molecular flexibility index (Phi) is 2.76. The topological polar surface area (TPSA) is 17.1 Å². The van der Waals surface area contributed by atoms with Crippen molar-refractivity contribution in [3.63, 3.8) is 0 Å². The lowest BCUT2D eigenvalue weighted by Gasteiger charge is -2.55. The molecule has 0 saturated heterocycles. The van der Waals surface area contributed by atoms with Crippen molar-refractivity contribution in [2.24, 2.45) is 28.6 Å². The maximum atomic E-state index is 11.8. The molecule has 0 bridgehead atoms. The number of hydrogen-bond acceptors (Lipinski definition) is 1. The maximum absolute atomic E-state index is 11.8. The first-order valence-electron chi connectivity index (χ1n) is 8.75. The highest BCUT2D eigenvalue weighted by Gasteiger charge is 2.54. The van der Waals surface area contributed by atoms with Gasteiger partial charge in [0, 0.05) is 12.8 Å². The Morgan fingerprint density at radius 1 is 1.15 bits per heavy atom. The molecule has 3 saturated carbocycles. The van der Waals surface area contributed by atoms with E-state index < -0.39 is 0 Å². The number of carbonyl (C=O) groups excluding carboxylic acids is 1. The second-order valence-electron chi connectivity index (χ2n) is 8.56. The summed E-state index contributed by atoms with van der Waals surface area (Å²) >= 11 is 0. The molecule has 0 aromatic heterocycles. The number of ketones is 1. The molecule has 4 rings (SSSR count). The molecular formula is C19H28O. The van der Waals surface area contributed by atoms with E-state index in [4.69, 9.17) is 0 Å². The molecule has 4 aliphatic carbocycles. The van der Waals surface area contributed by atoms with Crippen LogP contribution in [0.4, 0.5) is 0 Å². The van der Waals surface area contributed by atoms with E-state index in [9.17, 15) is 4.79 Å². The number of fused-ring (bicyclic) bond motifs is 5. The zero-order chi connectivity index (χ0) is 14.0. The molecule has 110 valence electrons. The third-order valence-electron chi connectivity index (χ3n) is 7.62. The largest absolute Gasteiger partial charge is 0.300 e. The van der Waals surface area contributed by atoms with Crippen molar-refractivity contribution in [3.8, 4) is 0 Å². The summed E-state index contributed by atoms with van der Waals surface area (Å²) in [5, 5.41) is 0. The molecule has 3 fully saturated rings. The van der Waals surface area contributed by atoms with Gasteiger partial charge in [-0.05, 0) is 67.1 Å². The normalized spacial score (nSPS) is 51.0. The van der Waals surface area contributed by atoms with Gasteiger partial charge in [-0.1, -0.05) is 31.9 Å². The SMILES string of the molecule is C[C@]12CC=C3[C@H](CC[C@H]4CC(=O)CC[C@@]34C)[C@H]1CCC2. The smallest absolute Gasteiger partial charge is 0.133 e. The van der Waals surface area contributed by atoms with Crippen molar-refractivity contribution in [1.29, 1.82) is 0 Å². The third-order valence-corrected chi connectivity index (χ3v) is 7.62. The average Bonchev–Trinajstić information content (AvgIpc) is 2.81. The molecule has 0 aliphatic heterocycles. The van der Waals surface area contributed by atoms with Crippen molar-refractivity contribution in [1.82, 2.24) is 0 Å². The van der Waals surface area contributed by atoms with Gasteiger partial charge >= 0.3 is 0 Å². The molecule has 0 N–H and O–H groups in total. The van der Waals surface area contributed by atoms with Crippen LogP contribution in [0.3, 0.4) is 0 Å². The zero-order valence-electron chi connectivity index (χ0n) is 13.1. The standard InChI is InChI=1S/C19H28O/c1-18-9-3-4-16(18)15-6-5-13-12-14(20)7-11-19(13,2)17(15)8-10-18/h8,13,15-16H,3-7,9-12H2,1-2H3/t13-,15+,16+,18-,19+/m0/s1. The maximum Gasteiger partial charge on any atom is 0.133 e. The highest BCUT2D eigenvalue weighted by molar-refractivity contribution is 5.80. The predicted molar refractivity (Wildman–Crippen MR) is 81.3 cm³/mol. The lowest BCUT2D eigenvalue weighted by atomic mass is 9.49. The lowest BCUT2D eigenvalue weighted by molar-refractivity contribution is -0.125. The third kappa shape index (κ3) is 1.64. The molecule has 0 aromatic carbocycles. The van der Waals surface area contributed by atoms with Gasteiger partial charge in [0.15, 0.2) is 0 Å². The van der Waals surface area contributed by atoms with E-state index in [0.717, 1.165) is 31.1 Å². The number of rotatable bonds is 0. The fourth-order valence-electron chi connectivity index (χ4n) is 6.31. The van der Waals surface area contributed by atoms with E-state index in [1.165, 1.54) is 38.5 Å². The van der Waals surface area contributed by atoms with Gasteiger partial charge in [-0.15, -0.1) is 0 Å². The molecule has 4 aliphatic rings. The van der Waals surface area contributed by atoms with Gasteiger partial charge < -0.3 is 0 Å². The Bertz CT molecular complexity index is 476. The summed E-state index contributed by atoms with van der Waals surface area (Å²) in [4.78, 5) is 11.8. The molecule has 1 nitrogen and oxygen atoms in total. The molecule has 0 heterocycles. The quantitative estimate of drug-likeness (QED) is 0.573. The predicted octanol–water partition coefficient (Wildman–Crippen LogP) is 4.91. The minimum Gasteiger partial charge on any atom is -0.300 e. The Morgan fingerprint density at radius 2 is 2.00 bits per heavy atom. The minimum absolute atomic E-state index is 0.362. The van der Waals surface area contributed by atoms with Gasteiger partial charge in [0.2, 0.25) is 0 Å². The first-order valence-corrected chi connectivity index (χ1v) is 8.75. The van der Waals surface area contributed by atoms with Crippen LogP contribution in [-0.4, -0.2) is 5.78 Å². The highest BCUT2D eigenvalue weighted by atomic mass is 16.1. The Morgan fingerprint density at radius 3 is 2.85 bits per heavy atom. The van der Waals surface area contributed by atoms with Gasteiger partial charge in [-0.25, -0.2) is 0 Å². The van der Waals surface area contributed by atoms with E-state index in [2.05, 4.69) is 19.9 Å². The first kappa shape index (κ1) is 13.1. The van der Waals surface area contributed by atoms with Gasteiger partial charge in [-0.3, -0.25) is 4.79 Å². The summed E-state index contributed by atoms with van der Waals surface area (Å²) < 4.78 is 0. The fourth-order valence-corrected chi connectivity index (χ4v) is 6.31. The molecule has 0 spiro atoms. The second kappa shape index (κ2) is 4.21. The van der Waals surface area contributed by atoms with E-state index in [1.54, 1.807) is 5.57 Å². The van der Waals surface area contributed by atoms with Crippen molar-refractivity contribution >= 4 is 5.78 Å². The molecule has 0 amide bonds. The van der Waals surface area contributed by atoms with E-state index >= 15 is 0 Å². The fraction of sp³-hybridized carbons (Fsp3) is 0.842. The molecular weight excluding hydrogens is 244 g/mol. The van der Waals surface area contributed by atoms with Crippen LogP contribution in [0.2, 0.25) is 0 Å². The van der Waals surface area contributed by atoms with Crippen molar-refractivity contribution < 1.29 is 4.79 Å². The molecule has 1 heteroatoms. The number of allylic oxidation sites excluding steroid dienone is 2. The number of hydrogen-bond donors (Lipinski definition) is 0. The summed E-state index contributed by atoms with van der Waals surface area (Å²) in [6.07, 6.45) is 13.8. The van der Waals surface area contributed by atoms with Gasteiger partial charge in [0.1, 0.15) is 5.78 Å². The Balaban J connectivity index is 1.71.